The van der Waals surface area contributed by atoms with Crippen molar-refractivity contribution >= 4 is 15.9 Å². The molecule has 0 aromatic heterocycles. The number of nitrogens with zero attached hydrogens (tertiary/aromatic N) is 2. The van der Waals surface area contributed by atoms with E-state index in [1.54, 1.807) is 0 Å². The van der Waals surface area contributed by atoms with E-state index < -0.39 is 0 Å². The first kappa shape index (κ1) is 23.3. The van der Waals surface area contributed by atoms with Crippen molar-refractivity contribution in [2.24, 2.45) is 0 Å². The van der Waals surface area contributed by atoms with Crippen molar-refractivity contribution in [1.82, 2.24) is 9.80 Å². The van der Waals surface area contributed by atoms with Gasteiger partial charge in [0.2, 0.25) is 0 Å². The number of morpholine rings is 2. The van der Waals surface area contributed by atoms with Crippen molar-refractivity contribution in [3.05, 3.63) is 0 Å². The van der Waals surface area contributed by atoms with Crippen LogP contribution in [0.3, 0.4) is 0 Å². The van der Waals surface area contributed by atoms with Gasteiger partial charge in [-0.25, -0.2) is 0 Å². The summed E-state index contributed by atoms with van der Waals surface area (Å²) in [4.78, 5) is 4.77. The Kier molecular flexibility index (Phi) is 16.4. The van der Waals surface area contributed by atoms with Crippen molar-refractivity contribution in [2.45, 2.75) is 25.7 Å². The molecule has 0 aliphatic carbocycles. The molecule has 3 heterocycles. The molecule has 150 valence electrons. The van der Waals surface area contributed by atoms with Gasteiger partial charge in [-0.1, -0.05) is 15.9 Å². The molecule has 0 amide bonds. The molecular weight excluding hydrogens is 388 g/mol. The molecule has 25 heavy (non-hydrogen) atoms. The number of hydrogen-bond donors (Lipinski definition) is 1. The third-order valence-electron chi connectivity index (χ3n) is 4.28. The summed E-state index contributed by atoms with van der Waals surface area (Å²) < 4.78 is 15.3. The predicted molar refractivity (Wildman–Crippen MR) is 105 cm³/mol. The van der Waals surface area contributed by atoms with E-state index >= 15 is 0 Å². The number of ether oxygens (including phenoxy) is 3. The lowest BCUT2D eigenvalue weighted by Gasteiger charge is -2.25. The molecule has 3 saturated heterocycles. The van der Waals surface area contributed by atoms with Crippen LogP contribution in [-0.2, 0) is 14.2 Å². The molecule has 0 aromatic rings. The SMILES string of the molecule is BrCCCN1CCOCC1.C1CCOC1.OCCCN1CCOCC1. The van der Waals surface area contributed by atoms with Crippen LogP contribution >= 0.6 is 15.9 Å². The molecule has 7 heteroatoms. The van der Waals surface area contributed by atoms with Crippen LogP contribution in [0.25, 0.3) is 0 Å². The van der Waals surface area contributed by atoms with Crippen molar-refractivity contribution in [3.8, 4) is 0 Å². The molecule has 3 rings (SSSR count). The second-order valence-electron chi connectivity index (χ2n) is 6.35. The van der Waals surface area contributed by atoms with E-state index in [1.807, 2.05) is 0 Å². The van der Waals surface area contributed by atoms with E-state index in [-0.39, 0.29) is 0 Å². The maximum absolute atomic E-state index is 8.54. The fourth-order valence-electron chi connectivity index (χ4n) is 2.74. The van der Waals surface area contributed by atoms with E-state index in [1.165, 1.54) is 25.8 Å². The van der Waals surface area contributed by atoms with Crippen molar-refractivity contribution in [1.29, 1.82) is 0 Å². The normalized spacial score (nSPS) is 21.8. The van der Waals surface area contributed by atoms with Gasteiger partial charge in [0.1, 0.15) is 0 Å². The van der Waals surface area contributed by atoms with E-state index in [4.69, 9.17) is 19.3 Å². The fraction of sp³-hybridized carbons (Fsp3) is 1.00. The zero-order valence-corrected chi connectivity index (χ0v) is 17.3. The molecular formula is C18H37BrN2O4. The maximum atomic E-state index is 8.54. The monoisotopic (exact) mass is 424 g/mol. The summed E-state index contributed by atoms with van der Waals surface area (Å²) in [5.74, 6) is 0. The van der Waals surface area contributed by atoms with Gasteiger partial charge >= 0.3 is 0 Å². The van der Waals surface area contributed by atoms with Crippen LogP contribution in [0.5, 0.6) is 0 Å². The fourth-order valence-corrected chi connectivity index (χ4v) is 2.99. The van der Waals surface area contributed by atoms with Gasteiger partial charge in [-0.2, -0.15) is 0 Å². The van der Waals surface area contributed by atoms with Gasteiger partial charge in [-0.15, -0.1) is 0 Å². The lowest BCUT2D eigenvalue weighted by molar-refractivity contribution is 0.0353. The molecule has 0 radical (unpaired) electrons. The third-order valence-corrected chi connectivity index (χ3v) is 4.84. The van der Waals surface area contributed by atoms with E-state index in [0.29, 0.717) is 6.61 Å². The maximum Gasteiger partial charge on any atom is 0.0594 e. The average molecular weight is 425 g/mol. The minimum Gasteiger partial charge on any atom is -0.396 e. The van der Waals surface area contributed by atoms with E-state index in [9.17, 15) is 0 Å². The van der Waals surface area contributed by atoms with Gasteiger partial charge in [0, 0.05) is 57.9 Å². The number of aliphatic hydroxyl groups excluding tert-OH is 1. The number of hydrogen-bond acceptors (Lipinski definition) is 6. The number of rotatable bonds is 6. The highest BCUT2D eigenvalue weighted by molar-refractivity contribution is 9.09. The molecule has 3 aliphatic rings. The zero-order chi connectivity index (χ0) is 18.0. The molecule has 0 bridgehead atoms. The number of alkyl halides is 1. The number of halogens is 1. The molecule has 6 nitrogen and oxygen atoms in total. The molecule has 0 saturated carbocycles. The molecule has 3 fully saturated rings. The smallest absolute Gasteiger partial charge is 0.0594 e. The van der Waals surface area contributed by atoms with Crippen molar-refractivity contribution in [3.63, 3.8) is 0 Å². The van der Waals surface area contributed by atoms with Crippen molar-refractivity contribution < 1.29 is 19.3 Å². The molecule has 1 N–H and O–H groups in total. The van der Waals surface area contributed by atoms with Crippen LogP contribution in [-0.4, -0.2) is 106 Å². The second kappa shape index (κ2) is 17.6. The summed E-state index contributed by atoms with van der Waals surface area (Å²) in [6.07, 6.45) is 4.69. The van der Waals surface area contributed by atoms with Crippen LogP contribution < -0.4 is 0 Å². The Morgan fingerprint density at radius 1 is 0.680 bits per heavy atom. The first-order valence-electron chi connectivity index (χ1n) is 9.71. The molecule has 3 aliphatic heterocycles. The van der Waals surface area contributed by atoms with Gasteiger partial charge in [0.05, 0.1) is 26.4 Å². The van der Waals surface area contributed by atoms with E-state index in [2.05, 4.69) is 25.7 Å². The topological polar surface area (TPSA) is 54.4 Å². The Labute approximate surface area is 161 Å². The summed E-state index contributed by atoms with van der Waals surface area (Å²) in [5, 5.41) is 9.65. The summed E-state index contributed by atoms with van der Waals surface area (Å²) in [7, 11) is 0. The minimum atomic E-state index is 0.303. The van der Waals surface area contributed by atoms with Gasteiger partial charge in [-0.05, 0) is 32.2 Å². The second-order valence-corrected chi connectivity index (χ2v) is 7.14. The van der Waals surface area contributed by atoms with Crippen LogP contribution in [0.4, 0.5) is 0 Å². The molecule has 0 spiro atoms. The summed E-state index contributed by atoms with van der Waals surface area (Å²) in [5.41, 5.74) is 0. The Morgan fingerprint density at radius 3 is 1.48 bits per heavy atom. The largest absolute Gasteiger partial charge is 0.396 e. The Balaban J connectivity index is 0.000000198. The lowest BCUT2D eigenvalue weighted by Crippen LogP contribution is -2.37. The Hall–Kier alpha value is 0.240. The molecule has 0 unspecified atom stereocenters. The standard InChI is InChI=1S/C7H14BrNO.C7H15NO2.C4H8O/c8-2-1-3-9-4-6-10-7-5-9;9-5-1-2-8-3-6-10-7-4-8;1-2-4-5-3-1/h1-7H2;9H,1-7H2;1-4H2. The predicted octanol–water partition coefficient (Wildman–Crippen LogP) is 1.60. The number of aliphatic hydroxyl groups is 1. The Bertz CT molecular complexity index is 242. The summed E-state index contributed by atoms with van der Waals surface area (Å²) in [6.45, 7) is 12.4. The Morgan fingerprint density at radius 2 is 1.12 bits per heavy atom. The zero-order valence-electron chi connectivity index (χ0n) is 15.7. The highest BCUT2D eigenvalue weighted by Gasteiger charge is 2.09. The summed E-state index contributed by atoms with van der Waals surface area (Å²) >= 11 is 3.42. The summed E-state index contributed by atoms with van der Waals surface area (Å²) in [6, 6.07) is 0. The van der Waals surface area contributed by atoms with Gasteiger partial charge in [-0.3, -0.25) is 9.80 Å². The first-order valence-corrected chi connectivity index (χ1v) is 10.8. The van der Waals surface area contributed by atoms with Gasteiger partial charge in [0.25, 0.3) is 0 Å². The van der Waals surface area contributed by atoms with Crippen molar-refractivity contribution in [2.75, 3.05) is 90.8 Å². The highest BCUT2D eigenvalue weighted by atomic mass is 79.9. The quantitative estimate of drug-likeness (QED) is 0.653. The van der Waals surface area contributed by atoms with Gasteiger partial charge in [0.15, 0.2) is 0 Å². The molecule has 0 aromatic carbocycles. The minimum absolute atomic E-state index is 0.303. The third kappa shape index (κ3) is 14.0. The highest BCUT2D eigenvalue weighted by Crippen LogP contribution is 1.99. The van der Waals surface area contributed by atoms with Crippen LogP contribution in [0.15, 0.2) is 0 Å². The van der Waals surface area contributed by atoms with Crippen LogP contribution in [0, 0.1) is 0 Å². The van der Waals surface area contributed by atoms with Crippen LogP contribution in [0.2, 0.25) is 0 Å². The van der Waals surface area contributed by atoms with E-state index in [0.717, 1.165) is 84.1 Å². The lowest BCUT2D eigenvalue weighted by atomic mass is 10.3. The van der Waals surface area contributed by atoms with Crippen LogP contribution in [0.1, 0.15) is 25.7 Å². The molecule has 0 atom stereocenters. The first-order chi connectivity index (χ1) is 12.4. The van der Waals surface area contributed by atoms with Gasteiger partial charge < -0.3 is 19.3 Å². The average Bonchev–Trinajstić information content (AvgIpc) is 3.27.